The highest BCUT2D eigenvalue weighted by Crippen LogP contribution is 2.29. The number of halogens is 3. The van der Waals surface area contributed by atoms with Gasteiger partial charge in [0.2, 0.25) is 9.70 Å². The molecule has 0 unspecified atom stereocenters. The van der Waals surface area contributed by atoms with Crippen molar-refractivity contribution < 1.29 is 9.90 Å². The lowest BCUT2D eigenvalue weighted by atomic mass is 9.96. The van der Waals surface area contributed by atoms with Crippen LogP contribution in [0, 0.1) is 5.41 Å². The molecule has 0 radical (unpaired) electrons. The molecule has 1 amide bonds. The lowest BCUT2D eigenvalue weighted by molar-refractivity contribution is -0.131. The predicted molar refractivity (Wildman–Crippen MR) is 53.9 cm³/mol. The third kappa shape index (κ3) is 4.91. The molecule has 0 aromatic heterocycles. The van der Waals surface area contributed by atoms with Gasteiger partial charge < -0.3 is 10.4 Å². The number of amides is 1. The topological polar surface area (TPSA) is 49.3 Å². The van der Waals surface area contributed by atoms with Crippen molar-refractivity contribution in [2.75, 3.05) is 0 Å². The van der Waals surface area contributed by atoms with E-state index in [0.717, 1.165) is 0 Å². The molecule has 0 aromatic carbocycles. The average molecular weight is 249 g/mol. The first-order valence-corrected chi connectivity index (χ1v) is 4.74. The smallest absolute Gasteiger partial charge is 0.234 e. The van der Waals surface area contributed by atoms with Gasteiger partial charge in [-0.05, 0) is 0 Å². The standard InChI is InChI=1S/C7H12Cl3NO2/c1-6(2,3)4(12)11-5(13)7(8,9)10/h5,13H,1-3H3,(H,11,12)/t5-/m1/s1. The number of rotatable bonds is 1. The number of alkyl halides is 3. The van der Waals surface area contributed by atoms with Gasteiger partial charge in [-0.3, -0.25) is 4.79 Å². The molecule has 0 aliphatic rings. The zero-order valence-corrected chi connectivity index (χ0v) is 9.83. The fraction of sp³-hybridized carbons (Fsp3) is 0.857. The first-order valence-electron chi connectivity index (χ1n) is 3.61. The highest BCUT2D eigenvalue weighted by Gasteiger charge is 2.34. The van der Waals surface area contributed by atoms with Gasteiger partial charge in [0.15, 0.2) is 6.23 Å². The molecule has 78 valence electrons. The van der Waals surface area contributed by atoms with Gasteiger partial charge in [0.05, 0.1) is 0 Å². The summed E-state index contributed by atoms with van der Waals surface area (Å²) in [7, 11) is 0. The van der Waals surface area contributed by atoms with Crippen LogP contribution in [0.15, 0.2) is 0 Å². The second-order valence-corrected chi connectivity index (χ2v) is 6.04. The zero-order valence-electron chi connectivity index (χ0n) is 7.57. The molecule has 0 rings (SSSR count). The highest BCUT2D eigenvalue weighted by molar-refractivity contribution is 6.68. The Hall–Kier alpha value is 0.300. The summed E-state index contributed by atoms with van der Waals surface area (Å²) in [5.74, 6) is -0.383. The predicted octanol–water partition coefficient (Wildman–Crippen LogP) is 1.84. The summed E-state index contributed by atoms with van der Waals surface area (Å²) in [6.45, 7) is 5.06. The number of hydrogen-bond acceptors (Lipinski definition) is 2. The van der Waals surface area contributed by atoms with Crippen molar-refractivity contribution >= 4 is 40.7 Å². The van der Waals surface area contributed by atoms with Crippen molar-refractivity contribution in [2.24, 2.45) is 5.41 Å². The number of carbonyl (C=O) groups excluding carboxylic acids is 1. The van der Waals surface area contributed by atoms with Gasteiger partial charge >= 0.3 is 0 Å². The molecule has 3 nitrogen and oxygen atoms in total. The molecule has 0 saturated carbocycles. The lowest BCUT2D eigenvalue weighted by Gasteiger charge is -2.24. The molecular formula is C7H12Cl3NO2. The number of aliphatic hydroxyl groups excluding tert-OH is 1. The molecule has 1 atom stereocenters. The van der Waals surface area contributed by atoms with Crippen LogP contribution in [0.25, 0.3) is 0 Å². The Morgan fingerprint density at radius 2 is 1.69 bits per heavy atom. The summed E-state index contributed by atoms with van der Waals surface area (Å²) >= 11 is 16.0. The monoisotopic (exact) mass is 247 g/mol. The molecule has 0 aromatic rings. The summed E-state index contributed by atoms with van der Waals surface area (Å²) < 4.78 is -1.90. The fourth-order valence-electron chi connectivity index (χ4n) is 0.423. The van der Waals surface area contributed by atoms with Crippen LogP contribution in [0.1, 0.15) is 20.8 Å². The van der Waals surface area contributed by atoms with Crippen molar-refractivity contribution in [1.82, 2.24) is 5.32 Å². The van der Waals surface area contributed by atoms with E-state index in [0.29, 0.717) is 0 Å². The van der Waals surface area contributed by atoms with Crippen molar-refractivity contribution in [3.05, 3.63) is 0 Å². The first-order chi connectivity index (χ1) is 5.55. The van der Waals surface area contributed by atoms with Crippen LogP contribution in [0.5, 0.6) is 0 Å². The van der Waals surface area contributed by atoms with E-state index in [-0.39, 0.29) is 5.91 Å². The second-order valence-electron chi connectivity index (χ2n) is 3.67. The molecule has 0 aliphatic heterocycles. The highest BCUT2D eigenvalue weighted by atomic mass is 35.6. The van der Waals surface area contributed by atoms with Crippen LogP contribution in [-0.4, -0.2) is 21.0 Å². The van der Waals surface area contributed by atoms with Gasteiger partial charge in [0.25, 0.3) is 0 Å². The van der Waals surface area contributed by atoms with Gasteiger partial charge in [0, 0.05) is 5.41 Å². The Kier molecular flexibility index (Phi) is 4.31. The van der Waals surface area contributed by atoms with E-state index in [1.54, 1.807) is 20.8 Å². The van der Waals surface area contributed by atoms with Gasteiger partial charge in [-0.25, -0.2) is 0 Å². The third-order valence-electron chi connectivity index (χ3n) is 1.26. The van der Waals surface area contributed by atoms with Crippen LogP contribution in [-0.2, 0) is 4.79 Å². The van der Waals surface area contributed by atoms with E-state index in [2.05, 4.69) is 5.32 Å². The van der Waals surface area contributed by atoms with Crippen LogP contribution in [0.3, 0.4) is 0 Å². The summed E-state index contributed by atoms with van der Waals surface area (Å²) in [5, 5.41) is 11.4. The molecule has 2 N–H and O–H groups in total. The molecular weight excluding hydrogens is 236 g/mol. The Bertz CT molecular complexity index is 195. The summed E-state index contributed by atoms with van der Waals surface area (Å²) in [4.78, 5) is 11.3. The van der Waals surface area contributed by atoms with Crippen molar-refractivity contribution in [3.8, 4) is 0 Å². The Balaban J connectivity index is 4.24. The van der Waals surface area contributed by atoms with Crippen molar-refractivity contribution in [2.45, 2.75) is 30.8 Å². The van der Waals surface area contributed by atoms with E-state index in [1.807, 2.05) is 0 Å². The van der Waals surface area contributed by atoms with Crippen molar-refractivity contribution in [1.29, 1.82) is 0 Å². The van der Waals surface area contributed by atoms with Crippen LogP contribution in [0.2, 0.25) is 0 Å². The summed E-state index contributed by atoms with van der Waals surface area (Å²) in [5.41, 5.74) is -0.628. The Morgan fingerprint density at radius 1 is 1.31 bits per heavy atom. The minimum atomic E-state index is -1.90. The van der Waals surface area contributed by atoms with Crippen LogP contribution >= 0.6 is 34.8 Å². The summed E-state index contributed by atoms with van der Waals surface area (Å²) in [6.07, 6.45) is -1.50. The van der Waals surface area contributed by atoms with Gasteiger partial charge in [-0.15, -0.1) is 0 Å². The minimum absolute atomic E-state index is 0.383. The van der Waals surface area contributed by atoms with Gasteiger partial charge in [-0.1, -0.05) is 55.6 Å². The van der Waals surface area contributed by atoms with Gasteiger partial charge in [0.1, 0.15) is 0 Å². The second kappa shape index (κ2) is 4.22. The maximum Gasteiger partial charge on any atom is 0.234 e. The van der Waals surface area contributed by atoms with E-state index in [1.165, 1.54) is 0 Å². The van der Waals surface area contributed by atoms with Gasteiger partial charge in [-0.2, -0.15) is 0 Å². The third-order valence-corrected chi connectivity index (χ3v) is 1.88. The molecule has 0 spiro atoms. The van der Waals surface area contributed by atoms with E-state index in [9.17, 15) is 9.90 Å². The van der Waals surface area contributed by atoms with E-state index < -0.39 is 15.4 Å². The van der Waals surface area contributed by atoms with E-state index in [4.69, 9.17) is 34.8 Å². The Morgan fingerprint density at radius 3 is 1.92 bits per heavy atom. The van der Waals surface area contributed by atoms with Crippen LogP contribution < -0.4 is 5.32 Å². The largest absolute Gasteiger partial charge is 0.369 e. The first kappa shape index (κ1) is 13.3. The zero-order chi connectivity index (χ0) is 10.9. The van der Waals surface area contributed by atoms with E-state index >= 15 is 0 Å². The number of nitrogens with one attached hydrogen (secondary N) is 1. The fourth-order valence-corrected chi connectivity index (χ4v) is 0.586. The number of hydrogen-bond donors (Lipinski definition) is 2. The molecule has 0 bridgehead atoms. The molecule has 0 heterocycles. The number of carbonyl (C=O) groups is 1. The molecule has 0 saturated heterocycles. The SMILES string of the molecule is CC(C)(C)C(=O)N[C@H](O)C(Cl)(Cl)Cl. The number of aliphatic hydroxyl groups is 1. The van der Waals surface area contributed by atoms with Crippen LogP contribution in [0.4, 0.5) is 0 Å². The van der Waals surface area contributed by atoms with Crippen molar-refractivity contribution in [3.63, 3.8) is 0 Å². The maximum atomic E-state index is 11.3. The average Bonchev–Trinajstić information content (AvgIpc) is 1.82. The molecule has 13 heavy (non-hydrogen) atoms. The molecule has 0 aliphatic carbocycles. The summed E-state index contributed by atoms with van der Waals surface area (Å²) in [6, 6.07) is 0. The normalized spacial score (nSPS) is 15.3. The molecule has 6 heteroatoms. The lowest BCUT2D eigenvalue weighted by Crippen LogP contribution is -2.47. The maximum absolute atomic E-state index is 11.3. The quantitative estimate of drug-likeness (QED) is 0.549. The Labute approximate surface area is 92.3 Å². The molecule has 0 fully saturated rings. The minimum Gasteiger partial charge on any atom is -0.369 e.